The van der Waals surface area contributed by atoms with Crippen molar-refractivity contribution in [1.29, 1.82) is 5.26 Å². The first-order valence-corrected chi connectivity index (χ1v) is 12.6. The zero-order valence-corrected chi connectivity index (χ0v) is 20.4. The van der Waals surface area contributed by atoms with Gasteiger partial charge in [-0.15, -0.1) is 0 Å². The highest BCUT2D eigenvalue weighted by atomic mass is 16.5. The van der Waals surface area contributed by atoms with Gasteiger partial charge < -0.3 is 14.5 Å². The summed E-state index contributed by atoms with van der Waals surface area (Å²) in [6.45, 7) is 2.34. The van der Waals surface area contributed by atoms with Crippen LogP contribution in [0.4, 0.5) is 5.69 Å². The Kier molecular flexibility index (Phi) is 4.58. The maximum Gasteiger partial charge on any atom is 0.240 e. The minimum atomic E-state index is -0.743. The number of H-pyrrole nitrogens is 1. The van der Waals surface area contributed by atoms with Gasteiger partial charge in [-0.25, -0.2) is 4.90 Å². The van der Waals surface area contributed by atoms with Gasteiger partial charge in [0.15, 0.2) is 0 Å². The number of hydrogen-bond acceptors (Lipinski definition) is 5. The molecule has 3 saturated heterocycles. The molecule has 1 aromatic heterocycles. The molecule has 3 aliphatic heterocycles. The van der Waals surface area contributed by atoms with Crippen LogP contribution in [-0.4, -0.2) is 34.6 Å². The molecular weight excluding hydrogens is 466 g/mol. The largest absolute Gasteiger partial charge is 0.491 e. The number of aromatic nitrogens is 1. The number of rotatable bonds is 5. The molecule has 7 rings (SSSR count). The predicted octanol–water partition coefficient (Wildman–Crippen LogP) is 5.09. The van der Waals surface area contributed by atoms with E-state index in [1.807, 2.05) is 61.7 Å². The summed E-state index contributed by atoms with van der Waals surface area (Å²) in [5.74, 6) is -0.771. The summed E-state index contributed by atoms with van der Waals surface area (Å²) in [5, 5.41) is 12.1. The lowest BCUT2D eigenvalue weighted by molar-refractivity contribution is -0.131. The highest BCUT2D eigenvalue weighted by Crippen LogP contribution is 2.62. The van der Waals surface area contributed by atoms with Crippen molar-refractivity contribution in [2.24, 2.45) is 11.8 Å². The quantitative estimate of drug-likeness (QED) is 0.393. The minimum Gasteiger partial charge on any atom is -0.491 e. The summed E-state index contributed by atoms with van der Waals surface area (Å²) in [5.41, 5.74) is 0.556. The van der Waals surface area contributed by atoms with Gasteiger partial charge in [-0.2, -0.15) is 5.26 Å². The smallest absolute Gasteiger partial charge is 0.240 e. The number of benzene rings is 3. The molecule has 7 heteroatoms. The van der Waals surface area contributed by atoms with Crippen LogP contribution >= 0.6 is 0 Å². The molecule has 4 atom stereocenters. The number of ether oxygens (including phenoxy) is 2. The van der Waals surface area contributed by atoms with Crippen LogP contribution < -0.4 is 9.64 Å². The Morgan fingerprint density at radius 3 is 2.68 bits per heavy atom. The molecule has 4 unspecified atom stereocenters. The number of nitrogens with one attached hydrogen (secondary N) is 1. The third-order valence-corrected chi connectivity index (χ3v) is 8.61. The first-order valence-electron chi connectivity index (χ1n) is 12.6. The number of anilines is 1. The molecule has 0 spiro atoms. The maximum atomic E-state index is 14.0. The lowest BCUT2D eigenvalue weighted by atomic mass is 9.67. The predicted molar refractivity (Wildman–Crippen MR) is 138 cm³/mol. The van der Waals surface area contributed by atoms with Gasteiger partial charge in [0.25, 0.3) is 0 Å². The second-order valence-electron chi connectivity index (χ2n) is 10.5. The molecule has 2 bridgehead atoms. The van der Waals surface area contributed by atoms with E-state index < -0.39 is 23.0 Å². The molecule has 3 aromatic carbocycles. The fraction of sp³-hybridized carbons (Fsp3) is 0.300. The zero-order chi connectivity index (χ0) is 25.4. The number of imide groups is 1. The van der Waals surface area contributed by atoms with E-state index in [2.05, 4.69) is 11.1 Å². The van der Waals surface area contributed by atoms with Gasteiger partial charge >= 0.3 is 0 Å². The second-order valence-corrected chi connectivity index (χ2v) is 10.5. The molecule has 37 heavy (non-hydrogen) atoms. The highest BCUT2D eigenvalue weighted by molar-refractivity contribution is 6.26. The van der Waals surface area contributed by atoms with Crippen LogP contribution in [0.1, 0.15) is 31.7 Å². The highest BCUT2D eigenvalue weighted by Gasteiger charge is 2.73. The standard InChI is InChI=1S/C30H25N3O4/c1-29-12-13-30(37-29,14-16-36-23-8-4-5-18-11-15-32-26(18)23)25-24(29)27(34)33(28(25)35)22-10-9-19(17-31)20-6-2-3-7-21(20)22/h2-11,15,24-25,32H,12-14,16H2,1H3. The van der Waals surface area contributed by atoms with Crippen LogP contribution in [0.25, 0.3) is 21.7 Å². The van der Waals surface area contributed by atoms with E-state index >= 15 is 0 Å². The summed E-state index contributed by atoms with van der Waals surface area (Å²) in [6, 6.07) is 20.9. The summed E-state index contributed by atoms with van der Waals surface area (Å²) >= 11 is 0. The summed E-state index contributed by atoms with van der Waals surface area (Å²) < 4.78 is 12.7. The van der Waals surface area contributed by atoms with Gasteiger partial charge in [0, 0.05) is 28.8 Å². The van der Waals surface area contributed by atoms with Crippen molar-refractivity contribution in [1.82, 2.24) is 4.98 Å². The Hall–Kier alpha value is -4.15. The Labute approximate surface area is 213 Å². The number of para-hydroxylation sites is 1. The van der Waals surface area contributed by atoms with Crippen LogP contribution in [0.3, 0.4) is 0 Å². The SMILES string of the molecule is CC12CCC(CCOc3cccc4cc[nH]c34)(O1)C1C(=O)N(c3ccc(C#N)c4ccccc34)C(=O)C12. The zero-order valence-electron chi connectivity index (χ0n) is 20.4. The van der Waals surface area contributed by atoms with Crippen molar-refractivity contribution in [3.05, 3.63) is 72.4 Å². The fourth-order valence-corrected chi connectivity index (χ4v) is 6.93. The van der Waals surface area contributed by atoms with Gasteiger partial charge in [-0.3, -0.25) is 9.59 Å². The monoisotopic (exact) mass is 491 g/mol. The molecule has 2 amide bonds. The number of carbonyl (C=O) groups is 2. The molecule has 4 heterocycles. The van der Waals surface area contributed by atoms with E-state index in [0.29, 0.717) is 30.7 Å². The number of hydrogen-bond donors (Lipinski definition) is 1. The van der Waals surface area contributed by atoms with E-state index in [-0.39, 0.29) is 11.8 Å². The van der Waals surface area contributed by atoms with Gasteiger partial charge in [0.2, 0.25) is 11.8 Å². The van der Waals surface area contributed by atoms with E-state index in [9.17, 15) is 14.9 Å². The topological polar surface area (TPSA) is 95.4 Å². The number of carbonyl (C=O) groups excluding carboxylic acids is 2. The number of fused-ring (bicyclic) bond motifs is 7. The van der Waals surface area contributed by atoms with Crippen molar-refractivity contribution >= 4 is 39.2 Å². The molecule has 0 radical (unpaired) electrons. The van der Waals surface area contributed by atoms with Gasteiger partial charge in [0.1, 0.15) is 5.75 Å². The Bertz CT molecular complexity index is 1650. The molecule has 0 saturated carbocycles. The third-order valence-electron chi connectivity index (χ3n) is 8.61. The van der Waals surface area contributed by atoms with Gasteiger partial charge in [-0.1, -0.05) is 36.4 Å². The van der Waals surface area contributed by atoms with E-state index in [1.54, 1.807) is 12.1 Å². The van der Waals surface area contributed by atoms with Crippen molar-refractivity contribution in [2.75, 3.05) is 11.5 Å². The number of amides is 2. The minimum absolute atomic E-state index is 0.217. The Balaban J connectivity index is 1.22. The van der Waals surface area contributed by atoms with Crippen LogP contribution in [0.5, 0.6) is 5.75 Å². The second kappa shape index (κ2) is 7.67. The van der Waals surface area contributed by atoms with Crippen molar-refractivity contribution in [3.63, 3.8) is 0 Å². The van der Waals surface area contributed by atoms with Crippen LogP contribution in [0.15, 0.2) is 66.9 Å². The molecule has 4 aromatic rings. The number of nitrogens with zero attached hydrogens (tertiary/aromatic N) is 2. The average molecular weight is 492 g/mol. The van der Waals surface area contributed by atoms with Crippen molar-refractivity contribution < 1.29 is 19.1 Å². The Morgan fingerprint density at radius 2 is 1.84 bits per heavy atom. The molecule has 3 aliphatic rings. The van der Waals surface area contributed by atoms with Crippen LogP contribution in [-0.2, 0) is 14.3 Å². The van der Waals surface area contributed by atoms with E-state index in [4.69, 9.17) is 9.47 Å². The van der Waals surface area contributed by atoms with Crippen molar-refractivity contribution in [3.8, 4) is 11.8 Å². The molecule has 1 N–H and O–H groups in total. The molecule has 3 fully saturated rings. The summed E-state index contributed by atoms with van der Waals surface area (Å²) in [4.78, 5) is 32.5. The van der Waals surface area contributed by atoms with E-state index in [0.717, 1.165) is 33.8 Å². The number of nitriles is 1. The lowest BCUT2D eigenvalue weighted by Gasteiger charge is -2.31. The molecule has 184 valence electrons. The van der Waals surface area contributed by atoms with Crippen LogP contribution in [0, 0.1) is 23.2 Å². The van der Waals surface area contributed by atoms with E-state index in [1.165, 1.54) is 4.90 Å². The van der Waals surface area contributed by atoms with Crippen molar-refractivity contribution in [2.45, 2.75) is 37.4 Å². The first kappa shape index (κ1) is 22.1. The van der Waals surface area contributed by atoms with Crippen LogP contribution in [0.2, 0.25) is 0 Å². The molecule has 7 nitrogen and oxygen atoms in total. The third kappa shape index (κ3) is 2.96. The normalized spacial score (nSPS) is 28.3. The Morgan fingerprint density at radius 1 is 1.03 bits per heavy atom. The number of aromatic amines is 1. The van der Waals surface area contributed by atoms with Gasteiger partial charge in [-0.05, 0) is 44.0 Å². The first-order chi connectivity index (χ1) is 18.0. The summed E-state index contributed by atoms with van der Waals surface area (Å²) in [7, 11) is 0. The summed E-state index contributed by atoms with van der Waals surface area (Å²) in [6.07, 6.45) is 3.83. The average Bonchev–Trinajstić information content (AvgIpc) is 3.64. The molecular formula is C30H25N3O4. The lowest BCUT2D eigenvalue weighted by Crippen LogP contribution is -2.43. The fourth-order valence-electron chi connectivity index (χ4n) is 6.93. The maximum absolute atomic E-state index is 14.0. The molecule has 0 aliphatic carbocycles. The van der Waals surface area contributed by atoms with Gasteiger partial charge in [0.05, 0.1) is 52.5 Å².